The van der Waals surface area contributed by atoms with Crippen LogP contribution < -0.4 is 11.1 Å². The van der Waals surface area contributed by atoms with Crippen LogP contribution in [0.3, 0.4) is 0 Å². The summed E-state index contributed by atoms with van der Waals surface area (Å²) in [5, 5.41) is 3.01. The summed E-state index contributed by atoms with van der Waals surface area (Å²) in [5.74, 6) is 1.60. The molecule has 0 aliphatic carbocycles. The van der Waals surface area contributed by atoms with Crippen LogP contribution in [0.1, 0.15) is 38.5 Å². The number of nitrogens with one attached hydrogen (secondary N) is 1. The minimum Gasteiger partial charge on any atom is -0.353 e. The van der Waals surface area contributed by atoms with Gasteiger partial charge in [0.2, 0.25) is 5.91 Å². The van der Waals surface area contributed by atoms with Crippen molar-refractivity contribution in [3.05, 3.63) is 0 Å². The van der Waals surface area contributed by atoms with E-state index >= 15 is 0 Å². The molecule has 0 aromatic rings. The molecule has 0 aromatic carbocycles. The highest BCUT2D eigenvalue weighted by Gasteiger charge is 2.18. The third kappa shape index (κ3) is 5.61. The van der Waals surface area contributed by atoms with E-state index in [0.29, 0.717) is 13.0 Å². The molecule has 0 unspecified atom stereocenters. The van der Waals surface area contributed by atoms with Crippen LogP contribution in [0, 0.1) is 0 Å². The van der Waals surface area contributed by atoms with Crippen molar-refractivity contribution >= 4 is 16.7 Å². The maximum absolute atomic E-state index is 11.5. The predicted octanol–water partition coefficient (Wildman–Crippen LogP) is 0.533. The van der Waals surface area contributed by atoms with Gasteiger partial charge in [-0.15, -0.1) is 0 Å². The minimum absolute atomic E-state index is 0.134. The molecule has 16 heavy (non-hydrogen) atoms. The number of carbonyl (C=O) groups is 1. The minimum atomic E-state index is -0.649. The smallest absolute Gasteiger partial charge is 0.220 e. The van der Waals surface area contributed by atoms with Crippen molar-refractivity contribution in [3.63, 3.8) is 0 Å². The molecule has 1 rings (SSSR count). The molecular weight excluding hydrogens is 224 g/mol. The van der Waals surface area contributed by atoms with Gasteiger partial charge >= 0.3 is 0 Å². The molecule has 0 bridgehead atoms. The first kappa shape index (κ1) is 13.6. The predicted molar refractivity (Wildman–Crippen MR) is 66.6 cm³/mol. The lowest BCUT2D eigenvalue weighted by molar-refractivity contribution is -0.121. The first-order valence-electron chi connectivity index (χ1n) is 6.07. The number of rotatable bonds is 6. The van der Waals surface area contributed by atoms with E-state index in [1.807, 2.05) is 0 Å². The van der Waals surface area contributed by atoms with Gasteiger partial charge in [-0.1, -0.05) is 6.42 Å². The summed E-state index contributed by atoms with van der Waals surface area (Å²) in [5.41, 5.74) is 5.38. The maximum atomic E-state index is 11.5. The summed E-state index contributed by atoms with van der Waals surface area (Å²) in [7, 11) is -0.649. The molecule has 1 aliphatic heterocycles. The molecule has 3 N–H and O–H groups in total. The topological polar surface area (TPSA) is 72.2 Å². The normalized spacial score (nSPS) is 25.3. The summed E-state index contributed by atoms with van der Waals surface area (Å²) in [6.45, 7) is 0.704. The number of amides is 1. The van der Waals surface area contributed by atoms with Gasteiger partial charge in [0, 0.05) is 34.8 Å². The molecule has 0 aromatic heterocycles. The van der Waals surface area contributed by atoms with Crippen molar-refractivity contribution in [2.45, 2.75) is 44.6 Å². The Morgan fingerprint density at radius 2 is 1.94 bits per heavy atom. The molecule has 1 heterocycles. The van der Waals surface area contributed by atoms with Crippen LogP contribution in [0.5, 0.6) is 0 Å². The molecule has 1 fully saturated rings. The highest BCUT2D eigenvalue weighted by atomic mass is 32.2. The Labute approximate surface area is 99.8 Å². The molecule has 5 heteroatoms. The molecule has 1 saturated heterocycles. The SMILES string of the molecule is NCCCCCC(=O)NC1CCS(=O)CC1. The Balaban J connectivity index is 2.07. The van der Waals surface area contributed by atoms with Crippen LogP contribution in [0.4, 0.5) is 0 Å². The van der Waals surface area contributed by atoms with Crippen LogP contribution in [0.15, 0.2) is 0 Å². The Hall–Kier alpha value is -0.420. The van der Waals surface area contributed by atoms with Crippen molar-refractivity contribution in [2.75, 3.05) is 18.1 Å². The van der Waals surface area contributed by atoms with Crippen molar-refractivity contribution in [1.29, 1.82) is 0 Å². The number of hydrogen-bond acceptors (Lipinski definition) is 3. The van der Waals surface area contributed by atoms with E-state index in [4.69, 9.17) is 5.73 Å². The number of carbonyl (C=O) groups excluding carboxylic acids is 1. The van der Waals surface area contributed by atoms with Crippen LogP contribution in [-0.4, -0.2) is 34.2 Å². The lowest BCUT2D eigenvalue weighted by Crippen LogP contribution is -2.39. The zero-order valence-corrected chi connectivity index (χ0v) is 10.6. The summed E-state index contributed by atoms with van der Waals surface area (Å²) >= 11 is 0. The molecule has 0 spiro atoms. The van der Waals surface area contributed by atoms with Gasteiger partial charge in [-0.05, 0) is 32.2 Å². The highest BCUT2D eigenvalue weighted by molar-refractivity contribution is 7.85. The maximum Gasteiger partial charge on any atom is 0.220 e. The van der Waals surface area contributed by atoms with Gasteiger partial charge in [0.1, 0.15) is 0 Å². The molecule has 4 nitrogen and oxygen atoms in total. The highest BCUT2D eigenvalue weighted by Crippen LogP contribution is 2.09. The molecule has 94 valence electrons. The Morgan fingerprint density at radius 3 is 2.56 bits per heavy atom. The molecule has 1 amide bonds. The first-order valence-corrected chi connectivity index (χ1v) is 7.55. The van der Waals surface area contributed by atoms with Gasteiger partial charge in [0.15, 0.2) is 0 Å². The van der Waals surface area contributed by atoms with Crippen molar-refractivity contribution < 1.29 is 9.00 Å². The lowest BCUT2D eigenvalue weighted by Gasteiger charge is -2.22. The lowest BCUT2D eigenvalue weighted by atomic mass is 10.1. The molecule has 0 atom stereocenters. The molecular formula is C11H22N2O2S. The van der Waals surface area contributed by atoms with Crippen LogP contribution >= 0.6 is 0 Å². The van der Waals surface area contributed by atoms with Gasteiger partial charge < -0.3 is 11.1 Å². The molecule has 1 aliphatic rings. The molecule has 0 radical (unpaired) electrons. The van der Waals surface area contributed by atoms with E-state index in [1.165, 1.54) is 0 Å². The summed E-state index contributed by atoms with van der Waals surface area (Å²) in [4.78, 5) is 11.5. The summed E-state index contributed by atoms with van der Waals surface area (Å²) < 4.78 is 11.1. The van der Waals surface area contributed by atoms with Gasteiger partial charge in [-0.25, -0.2) is 0 Å². The average Bonchev–Trinajstić information content (AvgIpc) is 2.28. The third-order valence-corrected chi connectivity index (χ3v) is 4.24. The average molecular weight is 246 g/mol. The van der Waals surface area contributed by atoms with Gasteiger partial charge in [-0.3, -0.25) is 9.00 Å². The van der Waals surface area contributed by atoms with E-state index in [0.717, 1.165) is 43.6 Å². The standard InChI is InChI=1S/C11H22N2O2S/c12-7-3-1-2-4-11(14)13-10-5-8-16(15)9-6-10/h10H,1-9,12H2,(H,13,14). The summed E-state index contributed by atoms with van der Waals surface area (Å²) in [6.07, 6.45) is 5.26. The second-order valence-electron chi connectivity index (χ2n) is 4.29. The van der Waals surface area contributed by atoms with Crippen molar-refractivity contribution in [2.24, 2.45) is 5.73 Å². The van der Waals surface area contributed by atoms with Crippen LogP contribution in [-0.2, 0) is 15.6 Å². The van der Waals surface area contributed by atoms with E-state index in [-0.39, 0.29) is 11.9 Å². The fourth-order valence-electron chi connectivity index (χ4n) is 1.84. The second kappa shape index (κ2) is 7.79. The van der Waals surface area contributed by atoms with Gasteiger partial charge in [0.25, 0.3) is 0 Å². The zero-order chi connectivity index (χ0) is 11.8. The van der Waals surface area contributed by atoms with Gasteiger partial charge in [-0.2, -0.15) is 0 Å². The Bertz CT molecular complexity index is 236. The van der Waals surface area contributed by atoms with Gasteiger partial charge in [0.05, 0.1) is 0 Å². The van der Waals surface area contributed by atoms with E-state index in [2.05, 4.69) is 5.32 Å². The van der Waals surface area contributed by atoms with Crippen LogP contribution in [0.25, 0.3) is 0 Å². The fourth-order valence-corrected chi connectivity index (χ4v) is 3.14. The fraction of sp³-hybridized carbons (Fsp3) is 0.909. The van der Waals surface area contributed by atoms with Crippen LogP contribution in [0.2, 0.25) is 0 Å². The van der Waals surface area contributed by atoms with E-state index < -0.39 is 10.8 Å². The molecule has 0 saturated carbocycles. The van der Waals surface area contributed by atoms with Crippen molar-refractivity contribution in [3.8, 4) is 0 Å². The van der Waals surface area contributed by atoms with E-state index in [9.17, 15) is 9.00 Å². The number of unbranched alkanes of at least 4 members (excludes halogenated alkanes) is 2. The number of hydrogen-bond donors (Lipinski definition) is 2. The van der Waals surface area contributed by atoms with E-state index in [1.54, 1.807) is 0 Å². The quantitative estimate of drug-likeness (QED) is 0.672. The monoisotopic (exact) mass is 246 g/mol. The van der Waals surface area contributed by atoms with Crippen molar-refractivity contribution in [1.82, 2.24) is 5.32 Å². The largest absolute Gasteiger partial charge is 0.353 e. The second-order valence-corrected chi connectivity index (χ2v) is 5.99. The first-order chi connectivity index (χ1) is 7.72. The Kier molecular flexibility index (Phi) is 6.64. The third-order valence-electron chi connectivity index (χ3n) is 2.86. The Morgan fingerprint density at radius 1 is 1.25 bits per heavy atom. The zero-order valence-electron chi connectivity index (χ0n) is 9.74. The number of nitrogens with two attached hydrogens (primary N) is 1. The summed E-state index contributed by atoms with van der Waals surface area (Å²) in [6, 6.07) is 0.250.